The van der Waals surface area contributed by atoms with Gasteiger partial charge in [0.2, 0.25) is 0 Å². The Morgan fingerprint density at radius 3 is 2.60 bits per heavy atom. The normalized spacial score (nSPS) is 32.3. The Kier molecular flexibility index (Phi) is 6.16. The fourth-order valence-corrected chi connectivity index (χ4v) is 7.60. The fraction of sp³-hybridized carbons (Fsp3) is 0.741. The van der Waals surface area contributed by atoms with E-state index in [0.29, 0.717) is 41.4 Å². The molecule has 1 saturated carbocycles. The lowest BCUT2D eigenvalue weighted by atomic mass is 9.58. The Morgan fingerprint density at radius 1 is 1.13 bits per heavy atom. The largest absolute Gasteiger partial charge is 0.393 e. The van der Waals surface area contributed by atoms with Crippen molar-refractivity contribution >= 4 is 5.78 Å². The van der Waals surface area contributed by atoms with Crippen molar-refractivity contribution < 1.29 is 15.0 Å². The van der Waals surface area contributed by atoms with E-state index in [0.717, 1.165) is 25.7 Å². The molecule has 0 amide bonds. The van der Waals surface area contributed by atoms with Crippen LogP contribution in [0, 0.1) is 29.1 Å². The highest BCUT2D eigenvalue weighted by atomic mass is 16.3. The van der Waals surface area contributed by atoms with Gasteiger partial charge in [-0.05, 0) is 102 Å². The van der Waals surface area contributed by atoms with Crippen LogP contribution in [0.15, 0.2) is 12.1 Å². The lowest BCUT2D eigenvalue weighted by molar-refractivity contribution is -0.123. The van der Waals surface area contributed by atoms with Gasteiger partial charge in [0.15, 0.2) is 5.78 Å². The molecule has 0 aliphatic heterocycles. The number of rotatable bonds is 6. The predicted octanol–water partition coefficient (Wildman–Crippen LogP) is 4.84. The third-order valence-corrected chi connectivity index (χ3v) is 9.25. The number of carbonyl (C=O) groups excluding carboxylic acids is 1. The van der Waals surface area contributed by atoms with E-state index < -0.39 is 0 Å². The van der Waals surface area contributed by atoms with Gasteiger partial charge in [0.1, 0.15) is 6.61 Å². The van der Waals surface area contributed by atoms with E-state index in [1.165, 1.54) is 24.8 Å². The average Bonchev–Trinajstić information content (AvgIpc) is 3.07. The molecule has 0 unspecified atom stereocenters. The van der Waals surface area contributed by atoms with Crippen LogP contribution in [-0.2, 0) is 24.1 Å². The summed E-state index contributed by atoms with van der Waals surface area (Å²) < 4.78 is 0. The van der Waals surface area contributed by atoms with Crippen LogP contribution in [0.3, 0.4) is 0 Å². The summed E-state index contributed by atoms with van der Waals surface area (Å²) in [7, 11) is 0. The number of benzene rings is 1. The molecule has 166 valence electrons. The van der Waals surface area contributed by atoms with Crippen LogP contribution < -0.4 is 0 Å². The van der Waals surface area contributed by atoms with Crippen molar-refractivity contribution in [2.45, 2.75) is 91.1 Å². The predicted molar refractivity (Wildman–Crippen MR) is 121 cm³/mol. The molecule has 0 heterocycles. The van der Waals surface area contributed by atoms with Crippen molar-refractivity contribution in [1.82, 2.24) is 0 Å². The van der Waals surface area contributed by atoms with Gasteiger partial charge in [0.25, 0.3) is 0 Å². The van der Waals surface area contributed by atoms with Crippen LogP contribution in [0.25, 0.3) is 0 Å². The number of aliphatic hydroxyl groups excluding tert-OH is 2. The topological polar surface area (TPSA) is 57.5 Å². The van der Waals surface area contributed by atoms with E-state index >= 15 is 0 Å². The summed E-state index contributed by atoms with van der Waals surface area (Å²) in [6, 6.07) is 4.69. The Morgan fingerprint density at radius 2 is 1.90 bits per heavy atom. The van der Waals surface area contributed by atoms with E-state index in [2.05, 4.69) is 39.8 Å². The molecular weight excluding hydrogens is 372 g/mol. The molecule has 0 radical (unpaired) electrons. The summed E-state index contributed by atoms with van der Waals surface area (Å²) in [6.45, 7) is 9.03. The van der Waals surface area contributed by atoms with Crippen molar-refractivity contribution in [2.24, 2.45) is 29.1 Å². The van der Waals surface area contributed by atoms with Crippen LogP contribution in [0.5, 0.6) is 0 Å². The first-order chi connectivity index (χ1) is 14.3. The summed E-state index contributed by atoms with van der Waals surface area (Å²) in [5.74, 6) is 2.52. The first kappa shape index (κ1) is 22.0. The second-order valence-corrected chi connectivity index (χ2v) is 11.1. The SMILES string of the molecule is CC(C)[C@H](CC(=O)CO)[C@@H](C)[C@H]1CC[C@H]2c3ccc4c(c3CC[C@]12C)CC[C@H](O)C4. The highest BCUT2D eigenvalue weighted by molar-refractivity contribution is 5.79. The van der Waals surface area contributed by atoms with E-state index in [1.54, 1.807) is 16.7 Å². The lowest BCUT2D eigenvalue weighted by Gasteiger charge is -2.47. The summed E-state index contributed by atoms with van der Waals surface area (Å²) in [5, 5.41) is 19.4. The molecule has 0 spiro atoms. The van der Waals surface area contributed by atoms with Crippen LogP contribution in [0.2, 0.25) is 0 Å². The summed E-state index contributed by atoms with van der Waals surface area (Å²) in [5.41, 5.74) is 6.41. The average molecular weight is 413 g/mol. The van der Waals surface area contributed by atoms with Gasteiger partial charge in [-0.1, -0.05) is 39.8 Å². The number of Topliss-reactive ketones (excluding diaryl/α,β-unsaturated/α-hetero) is 1. The van der Waals surface area contributed by atoms with Gasteiger partial charge in [0.05, 0.1) is 6.10 Å². The molecule has 0 bridgehead atoms. The van der Waals surface area contributed by atoms with Gasteiger partial charge in [-0.3, -0.25) is 4.79 Å². The minimum absolute atomic E-state index is 0.0111. The van der Waals surface area contributed by atoms with Crippen molar-refractivity contribution in [2.75, 3.05) is 6.61 Å². The van der Waals surface area contributed by atoms with Crippen molar-refractivity contribution in [3.63, 3.8) is 0 Å². The quantitative estimate of drug-likeness (QED) is 0.703. The molecule has 3 aliphatic rings. The lowest BCUT2D eigenvalue weighted by Crippen LogP contribution is -2.39. The van der Waals surface area contributed by atoms with Crippen LogP contribution in [0.4, 0.5) is 0 Å². The Hall–Kier alpha value is -1.19. The maximum absolute atomic E-state index is 12.1. The van der Waals surface area contributed by atoms with Gasteiger partial charge < -0.3 is 10.2 Å². The summed E-state index contributed by atoms with van der Waals surface area (Å²) in [6.07, 6.45) is 7.98. The maximum atomic E-state index is 12.1. The van der Waals surface area contributed by atoms with Gasteiger partial charge in [-0.15, -0.1) is 0 Å². The van der Waals surface area contributed by atoms with Crippen molar-refractivity contribution in [1.29, 1.82) is 0 Å². The van der Waals surface area contributed by atoms with Gasteiger partial charge in [-0.25, -0.2) is 0 Å². The van der Waals surface area contributed by atoms with Crippen LogP contribution in [0.1, 0.15) is 88.0 Å². The van der Waals surface area contributed by atoms with Crippen molar-refractivity contribution in [3.8, 4) is 0 Å². The third kappa shape index (κ3) is 3.66. The molecule has 1 fully saturated rings. The van der Waals surface area contributed by atoms with E-state index in [4.69, 9.17) is 0 Å². The maximum Gasteiger partial charge on any atom is 0.158 e. The minimum atomic E-state index is -0.326. The Balaban J connectivity index is 1.61. The molecule has 30 heavy (non-hydrogen) atoms. The third-order valence-electron chi connectivity index (χ3n) is 9.25. The van der Waals surface area contributed by atoms with E-state index in [1.807, 2.05) is 0 Å². The molecule has 1 aromatic carbocycles. The Bertz CT molecular complexity index is 798. The van der Waals surface area contributed by atoms with Crippen LogP contribution >= 0.6 is 0 Å². The van der Waals surface area contributed by atoms with E-state index in [9.17, 15) is 15.0 Å². The molecule has 6 atom stereocenters. The van der Waals surface area contributed by atoms with E-state index in [-0.39, 0.29) is 18.5 Å². The highest BCUT2D eigenvalue weighted by Gasteiger charge is 2.52. The second kappa shape index (κ2) is 8.39. The second-order valence-electron chi connectivity index (χ2n) is 11.1. The monoisotopic (exact) mass is 412 g/mol. The number of hydrogen-bond donors (Lipinski definition) is 2. The molecule has 3 aliphatic carbocycles. The van der Waals surface area contributed by atoms with Gasteiger partial charge >= 0.3 is 0 Å². The van der Waals surface area contributed by atoms with Gasteiger partial charge in [-0.2, -0.15) is 0 Å². The standard InChI is InChI=1S/C27H40O3/c1-16(2)24(14-20(30)15-28)17(3)25-9-10-26-23-7-5-18-13-19(29)6-8-21(18)22(23)11-12-27(25,26)4/h5,7,16-17,19,24-26,28-29H,6,8-15H2,1-4H3/t17-,19+,24+,25-,26+,27-/m1/s1. The van der Waals surface area contributed by atoms with Gasteiger partial charge in [0, 0.05) is 6.42 Å². The summed E-state index contributed by atoms with van der Waals surface area (Å²) in [4.78, 5) is 12.1. The first-order valence-electron chi connectivity index (χ1n) is 12.2. The molecule has 2 N–H and O–H groups in total. The number of ketones is 1. The zero-order chi connectivity index (χ0) is 21.6. The zero-order valence-corrected chi connectivity index (χ0v) is 19.3. The molecule has 3 heteroatoms. The Labute approximate surface area is 182 Å². The number of hydrogen-bond acceptors (Lipinski definition) is 3. The molecular formula is C27H40O3. The molecule has 0 aromatic heterocycles. The van der Waals surface area contributed by atoms with Crippen LogP contribution in [-0.4, -0.2) is 28.7 Å². The first-order valence-corrected chi connectivity index (χ1v) is 12.2. The molecule has 1 aromatic rings. The summed E-state index contributed by atoms with van der Waals surface area (Å²) >= 11 is 0. The highest BCUT2D eigenvalue weighted by Crippen LogP contribution is 2.62. The molecule has 0 saturated heterocycles. The zero-order valence-electron chi connectivity index (χ0n) is 19.3. The molecule has 3 nitrogen and oxygen atoms in total. The number of aliphatic hydroxyl groups is 2. The minimum Gasteiger partial charge on any atom is -0.393 e. The number of carbonyl (C=O) groups is 1. The van der Waals surface area contributed by atoms with Crippen molar-refractivity contribution in [3.05, 3.63) is 34.4 Å². The smallest absolute Gasteiger partial charge is 0.158 e. The fourth-order valence-electron chi connectivity index (χ4n) is 7.60. The number of fused-ring (bicyclic) bond motifs is 5. The molecule has 4 rings (SSSR count).